The molecule has 2 aliphatic carbocycles. The Bertz CT molecular complexity index is 362. The molecule has 1 amide bonds. The summed E-state index contributed by atoms with van der Waals surface area (Å²) in [6, 6.07) is 1.31. The molecule has 21 heavy (non-hydrogen) atoms. The lowest BCUT2D eigenvalue weighted by Gasteiger charge is -2.32. The molecular formula is C17H32N2O2. The van der Waals surface area contributed by atoms with Gasteiger partial charge in [0.1, 0.15) is 5.60 Å². The molecule has 0 aliphatic heterocycles. The van der Waals surface area contributed by atoms with Crippen molar-refractivity contribution in [1.82, 2.24) is 10.6 Å². The lowest BCUT2D eigenvalue weighted by atomic mass is 9.79. The number of alkyl carbamates (subject to hydrolysis) is 1. The van der Waals surface area contributed by atoms with E-state index in [2.05, 4.69) is 24.5 Å². The van der Waals surface area contributed by atoms with E-state index in [4.69, 9.17) is 4.74 Å². The van der Waals surface area contributed by atoms with Crippen molar-refractivity contribution in [1.29, 1.82) is 0 Å². The Balaban J connectivity index is 1.68. The van der Waals surface area contributed by atoms with Crippen LogP contribution in [0.25, 0.3) is 0 Å². The Labute approximate surface area is 129 Å². The molecule has 4 unspecified atom stereocenters. The van der Waals surface area contributed by atoms with Crippen LogP contribution in [-0.2, 0) is 4.74 Å². The van der Waals surface area contributed by atoms with Crippen molar-refractivity contribution < 1.29 is 9.53 Å². The zero-order chi connectivity index (χ0) is 15.6. The monoisotopic (exact) mass is 296 g/mol. The van der Waals surface area contributed by atoms with Gasteiger partial charge in [0.15, 0.2) is 0 Å². The third-order valence-electron chi connectivity index (χ3n) is 4.60. The van der Waals surface area contributed by atoms with E-state index in [1.807, 2.05) is 20.8 Å². The molecule has 4 nitrogen and oxygen atoms in total. The Morgan fingerprint density at radius 2 is 1.86 bits per heavy atom. The van der Waals surface area contributed by atoms with E-state index in [-0.39, 0.29) is 12.1 Å². The predicted molar refractivity (Wildman–Crippen MR) is 85.3 cm³/mol. The number of amides is 1. The highest BCUT2D eigenvalue weighted by Gasteiger charge is 2.41. The van der Waals surface area contributed by atoms with E-state index in [0.717, 1.165) is 18.3 Å². The van der Waals surface area contributed by atoms with Crippen molar-refractivity contribution in [2.24, 2.45) is 11.8 Å². The molecular weight excluding hydrogens is 264 g/mol. The first kappa shape index (κ1) is 16.6. The molecule has 122 valence electrons. The van der Waals surface area contributed by atoms with Crippen LogP contribution in [-0.4, -0.2) is 29.8 Å². The minimum Gasteiger partial charge on any atom is -0.444 e. The summed E-state index contributed by atoms with van der Waals surface area (Å²) >= 11 is 0. The van der Waals surface area contributed by atoms with Crippen LogP contribution >= 0.6 is 0 Å². The first-order chi connectivity index (χ1) is 9.74. The summed E-state index contributed by atoms with van der Waals surface area (Å²) in [7, 11) is 0. The number of rotatable bonds is 4. The largest absolute Gasteiger partial charge is 0.444 e. The van der Waals surface area contributed by atoms with Gasteiger partial charge < -0.3 is 15.4 Å². The van der Waals surface area contributed by atoms with E-state index in [0.29, 0.717) is 12.1 Å². The van der Waals surface area contributed by atoms with Gasteiger partial charge in [-0.1, -0.05) is 26.7 Å². The maximum absolute atomic E-state index is 11.7. The summed E-state index contributed by atoms with van der Waals surface area (Å²) in [4.78, 5) is 11.7. The Hall–Kier alpha value is -0.770. The van der Waals surface area contributed by atoms with Gasteiger partial charge in [0.2, 0.25) is 0 Å². The van der Waals surface area contributed by atoms with Gasteiger partial charge in [-0.2, -0.15) is 0 Å². The lowest BCUT2D eigenvalue weighted by Crippen LogP contribution is -2.41. The van der Waals surface area contributed by atoms with Gasteiger partial charge in [-0.25, -0.2) is 4.79 Å². The van der Waals surface area contributed by atoms with Gasteiger partial charge in [0.25, 0.3) is 0 Å². The lowest BCUT2D eigenvalue weighted by molar-refractivity contribution is 0.0521. The first-order valence-corrected chi connectivity index (χ1v) is 8.50. The van der Waals surface area contributed by atoms with Gasteiger partial charge in [-0.15, -0.1) is 0 Å². The highest BCUT2D eigenvalue weighted by Crippen LogP contribution is 2.32. The maximum atomic E-state index is 11.7. The number of carbonyl (C=O) groups excluding carboxylic acids is 1. The van der Waals surface area contributed by atoms with Crippen molar-refractivity contribution in [2.75, 3.05) is 0 Å². The van der Waals surface area contributed by atoms with E-state index in [1.165, 1.54) is 25.7 Å². The number of carbonyl (C=O) groups is 1. The van der Waals surface area contributed by atoms with E-state index in [9.17, 15) is 4.79 Å². The normalized spacial score (nSPS) is 32.9. The molecule has 2 fully saturated rings. The molecule has 2 saturated carbocycles. The summed E-state index contributed by atoms with van der Waals surface area (Å²) in [5, 5.41) is 6.69. The highest BCUT2D eigenvalue weighted by molar-refractivity contribution is 5.68. The van der Waals surface area contributed by atoms with Crippen LogP contribution in [0, 0.1) is 11.8 Å². The molecule has 0 bridgehead atoms. The molecule has 2 aliphatic rings. The van der Waals surface area contributed by atoms with Gasteiger partial charge in [-0.3, -0.25) is 0 Å². The molecule has 4 atom stereocenters. The van der Waals surface area contributed by atoms with Crippen molar-refractivity contribution in [3.8, 4) is 0 Å². The van der Waals surface area contributed by atoms with Gasteiger partial charge in [0, 0.05) is 18.1 Å². The second-order valence-corrected chi connectivity index (χ2v) is 8.13. The molecule has 0 aromatic heterocycles. The molecule has 2 N–H and O–H groups in total. The summed E-state index contributed by atoms with van der Waals surface area (Å²) in [5.41, 5.74) is -0.421. The number of hydrogen-bond acceptors (Lipinski definition) is 3. The van der Waals surface area contributed by atoms with Crippen LogP contribution in [0.4, 0.5) is 4.79 Å². The molecule has 0 spiro atoms. The highest BCUT2D eigenvalue weighted by atomic mass is 16.6. The summed E-state index contributed by atoms with van der Waals surface area (Å²) in [6.45, 7) is 10.3. The quantitative estimate of drug-likeness (QED) is 0.835. The molecule has 0 radical (unpaired) electrons. The Morgan fingerprint density at radius 3 is 2.48 bits per heavy atom. The Kier molecular flexibility index (Phi) is 5.18. The molecule has 0 aromatic carbocycles. The van der Waals surface area contributed by atoms with Crippen LogP contribution in [0.1, 0.15) is 66.7 Å². The van der Waals surface area contributed by atoms with Crippen molar-refractivity contribution in [2.45, 2.75) is 90.4 Å². The second kappa shape index (κ2) is 6.55. The molecule has 0 aromatic rings. The second-order valence-electron chi connectivity index (χ2n) is 8.13. The summed E-state index contributed by atoms with van der Waals surface area (Å²) in [6.07, 6.45) is 6.01. The van der Waals surface area contributed by atoms with Crippen LogP contribution in [0.2, 0.25) is 0 Å². The van der Waals surface area contributed by atoms with Crippen LogP contribution in [0.3, 0.4) is 0 Å². The topological polar surface area (TPSA) is 50.4 Å². The SMILES string of the molecule is CC(C)C1CCCC(NC2CC2NC(=O)OC(C)(C)C)C1. The fourth-order valence-corrected chi connectivity index (χ4v) is 3.28. The summed E-state index contributed by atoms with van der Waals surface area (Å²) < 4.78 is 5.30. The average molecular weight is 296 g/mol. The van der Waals surface area contributed by atoms with Crippen molar-refractivity contribution >= 4 is 6.09 Å². The smallest absolute Gasteiger partial charge is 0.407 e. The van der Waals surface area contributed by atoms with Gasteiger partial charge in [0.05, 0.1) is 0 Å². The first-order valence-electron chi connectivity index (χ1n) is 8.50. The van der Waals surface area contributed by atoms with Crippen LogP contribution in [0.15, 0.2) is 0 Å². The minimum atomic E-state index is -0.421. The standard InChI is InChI=1S/C17H32N2O2/c1-11(2)12-7-6-8-13(9-12)18-14-10-15(14)19-16(20)21-17(3,4)5/h11-15,18H,6-10H2,1-5H3,(H,19,20). The third-order valence-corrected chi connectivity index (χ3v) is 4.60. The van der Waals surface area contributed by atoms with Crippen LogP contribution < -0.4 is 10.6 Å². The van der Waals surface area contributed by atoms with E-state index >= 15 is 0 Å². The zero-order valence-electron chi connectivity index (χ0n) is 14.2. The fourth-order valence-electron chi connectivity index (χ4n) is 3.28. The minimum absolute atomic E-state index is 0.249. The molecule has 2 rings (SSSR count). The van der Waals surface area contributed by atoms with Crippen molar-refractivity contribution in [3.05, 3.63) is 0 Å². The van der Waals surface area contributed by atoms with E-state index < -0.39 is 5.60 Å². The molecule has 0 saturated heterocycles. The average Bonchev–Trinajstić information content (AvgIpc) is 3.04. The number of nitrogens with one attached hydrogen (secondary N) is 2. The van der Waals surface area contributed by atoms with Gasteiger partial charge >= 0.3 is 6.09 Å². The zero-order valence-corrected chi connectivity index (χ0v) is 14.2. The van der Waals surface area contributed by atoms with Crippen molar-refractivity contribution in [3.63, 3.8) is 0 Å². The fraction of sp³-hybridized carbons (Fsp3) is 0.941. The predicted octanol–water partition coefficient (Wildman–Crippen LogP) is 3.46. The summed E-state index contributed by atoms with van der Waals surface area (Å²) in [5.74, 6) is 1.64. The van der Waals surface area contributed by atoms with Gasteiger partial charge in [-0.05, 0) is 51.9 Å². The maximum Gasteiger partial charge on any atom is 0.407 e. The molecule has 0 heterocycles. The number of hydrogen-bond donors (Lipinski definition) is 2. The Morgan fingerprint density at radius 1 is 1.14 bits per heavy atom. The van der Waals surface area contributed by atoms with E-state index in [1.54, 1.807) is 0 Å². The molecule has 4 heteroatoms. The third kappa shape index (κ3) is 5.50. The number of ether oxygens (including phenoxy) is 1. The van der Waals surface area contributed by atoms with Crippen LogP contribution in [0.5, 0.6) is 0 Å².